The molecule has 1 saturated heterocycles. The van der Waals surface area contributed by atoms with Crippen LogP contribution in [0.25, 0.3) is 11.0 Å². The Morgan fingerprint density at radius 1 is 1.09 bits per heavy atom. The summed E-state index contributed by atoms with van der Waals surface area (Å²) in [7, 11) is 2.14. The van der Waals surface area contributed by atoms with Crippen molar-refractivity contribution < 1.29 is 4.79 Å². The number of rotatable bonds is 5. The molecule has 34 heavy (non-hydrogen) atoms. The molecule has 0 radical (unpaired) electrons. The first kappa shape index (κ1) is 21.2. The average Bonchev–Trinajstić information content (AvgIpc) is 2.75. The summed E-state index contributed by atoms with van der Waals surface area (Å²) >= 11 is 0. The summed E-state index contributed by atoms with van der Waals surface area (Å²) in [6.45, 7) is 7.32. The van der Waals surface area contributed by atoms with Gasteiger partial charge in [0.1, 0.15) is 11.5 Å². The topological polar surface area (TPSA) is 96.2 Å². The number of nitrogens with zero attached hydrogens (tertiary/aromatic N) is 6. The minimum atomic E-state index is -0.227. The van der Waals surface area contributed by atoms with E-state index < -0.39 is 0 Å². The van der Waals surface area contributed by atoms with Crippen molar-refractivity contribution in [3.63, 3.8) is 0 Å². The van der Waals surface area contributed by atoms with Crippen molar-refractivity contribution >= 4 is 34.3 Å². The fourth-order valence-corrected chi connectivity index (χ4v) is 5.76. The standard InChI is InChI=1S/C25H29N7O2/c1-15-19-14-27-24(28-20-5-4-18(13-26-20)31-8-6-30(3)7-9-31)29-22(19)32(23(34)21(15)16(2)33)25-10-17(11-25)12-25/h4-5,13-14,17H,6-12H2,1-3H3,(H,26,27,28,29). The van der Waals surface area contributed by atoms with Crippen LogP contribution in [0, 0.1) is 12.8 Å². The molecular weight excluding hydrogens is 430 g/mol. The quantitative estimate of drug-likeness (QED) is 0.582. The number of likely N-dealkylation sites (N-methyl/N-ethyl adjacent to an activating group) is 1. The minimum Gasteiger partial charge on any atom is -0.368 e. The highest BCUT2D eigenvalue weighted by Crippen LogP contribution is 2.62. The van der Waals surface area contributed by atoms with Gasteiger partial charge < -0.3 is 15.1 Å². The zero-order valence-electron chi connectivity index (χ0n) is 19.8. The van der Waals surface area contributed by atoms with Crippen molar-refractivity contribution in [3.8, 4) is 0 Å². The molecule has 0 atom stereocenters. The number of aromatic nitrogens is 4. The van der Waals surface area contributed by atoms with Crippen LogP contribution in [0.2, 0.25) is 0 Å². The second-order valence-electron chi connectivity index (χ2n) is 10.1. The van der Waals surface area contributed by atoms with Crippen molar-refractivity contribution in [1.82, 2.24) is 24.4 Å². The van der Waals surface area contributed by atoms with Gasteiger partial charge in [-0.25, -0.2) is 9.97 Å². The fraction of sp³-hybridized carbons (Fsp3) is 0.480. The van der Waals surface area contributed by atoms with E-state index in [0.717, 1.165) is 56.5 Å². The molecule has 4 aliphatic rings. The van der Waals surface area contributed by atoms with Crippen LogP contribution in [0.15, 0.2) is 29.3 Å². The lowest BCUT2D eigenvalue weighted by atomic mass is 9.49. The third kappa shape index (κ3) is 3.21. The Bertz CT molecular complexity index is 1340. The number of carbonyl (C=O) groups excluding carboxylic acids is 1. The molecule has 4 heterocycles. The maximum absolute atomic E-state index is 13.4. The summed E-state index contributed by atoms with van der Waals surface area (Å²) in [5.41, 5.74) is 2.17. The summed E-state index contributed by atoms with van der Waals surface area (Å²) in [5.74, 6) is 1.51. The summed E-state index contributed by atoms with van der Waals surface area (Å²) in [4.78, 5) is 44.2. The van der Waals surface area contributed by atoms with E-state index in [2.05, 4.69) is 38.2 Å². The van der Waals surface area contributed by atoms with E-state index in [9.17, 15) is 9.59 Å². The Labute approximate surface area is 197 Å². The number of ketones is 1. The van der Waals surface area contributed by atoms with Crippen LogP contribution in [0.3, 0.4) is 0 Å². The third-order valence-corrected chi connectivity index (χ3v) is 7.86. The van der Waals surface area contributed by atoms with Gasteiger partial charge in [0.2, 0.25) is 5.95 Å². The number of anilines is 3. The van der Waals surface area contributed by atoms with E-state index >= 15 is 0 Å². The number of fused-ring (bicyclic) bond motifs is 1. The van der Waals surface area contributed by atoms with Gasteiger partial charge in [0, 0.05) is 37.8 Å². The van der Waals surface area contributed by atoms with Gasteiger partial charge in [-0.1, -0.05) is 0 Å². The van der Waals surface area contributed by atoms with Crippen LogP contribution in [0.4, 0.5) is 17.5 Å². The van der Waals surface area contributed by atoms with Gasteiger partial charge in [-0.3, -0.25) is 14.2 Å². The van der Waals surface area contributed by atoms with Gasteiger partial charge in [-0.2, -0.15) is 4.98 Å². The van der Waals surface area contributed by atoms with Gasteiger partial charge >= 0.3 is 0 Å². The van der Waals surface area contributed by atoms with E-state index in [4.69, 9.17) is 4.98 Å². The second-order valence-corrected chi connectivity index (χ2v) is 10.1. The predicted octanol–water partition coefficient (Wildman–Crippen LogP) is 2.70. The Balaban J connectivity index is 1.34. The Kier molecular flexibility index (Phi) is 4.74. The van der Waals surface area contributed by atoms with E-state index in [1.165, 1.54) is 6.92 Å². The zero-order chi connectivity index (χ0) is 23.6. The minimum absolute atomic E-state index is 0.202. The molecule has 0 aromatic carbocycles. The number of piperazine rings is 1. The van der Waals surface area contributed by atoms with Crippen LogP contribution in [0.1, 0.15) is 42.1 Å². The number of hydrogen-bond acceptors (Lipinski definition) is 8. The third-order valence-electron chi connectivity index (χ3n) is 7.86. The molecule has 3 aliphatic carbocycles. The van der Waals surface area contributed by atoms with E-state index in [1.807, 2.05) is 19.2 Å². The molecule has 176 valence electrons. The van der Waals surface area contributed by atoms with Crippen molar-refractivity contribution in [2.75, 3.05) is 43.4 Å². The smallest absolute Gasteiger partial charge is 0.263 e. The van der Waals surface area contributed by atoms with Crippen molar-refractivity contribution in [3.05, 3.63) is 46.0 Å². The molecule has 3 aromatic heterocycles. The highest BCUT2D eigenvalue weighted by Gasteiger charge is 2.59. The first-order valence-electron chi connectivity index (χ1n) is 11.9. The van der Waals surface area contributed by atoms with Gasteiger partial charge in [-0.15, -0.1) is 0 Å². The Morgan fingerprint density at radius 2 is 1.82 bits per heavy atom. The molecule has 1 aliphatic heterocycles. The molecule has 9 heteroatoms. The molecule has 0 unspecified atom stereocenters. The second kappa shape index (κ2) is 7.59. The van der Waals surface area contributed by atoms with Crippen molar-refractivity contribution in [2.24, 2.45) is 5.92 Å². The lowest BCUT2D eigenvalue weighted by Gasteiger charge is -2.62. The van der Waals surface area contributed by atoms with E-state index in [-0.39, 0.29) is 22.4 Å². The van der Waals surface area contributed by atoms with Crippen molar-refractivity contribution in [2.45, 2.75) is 38.6 Å². The summed E-state index contributed by atoms with van der Waals surface area (Å²) in [6.07, 6.45) is 6.52. The molecule has 3 saturated carbocycles. The molecule has 0 spiro atoms. The lowest BCUT2D eigenvalue weighted by molar-refractivity contribution is -0.0884. The monoisotopic (exact) mass is 459 g/mol. The fourth-order valence-electron chi connectivity index (χ4n) is 5.76. The largest absolute Gasteiger partial charge is 0.368 e. The number of aryl methyl sites for hydroxylation is 1. The summed E-state index contributed by atoms with van der Waals surface area (Å²) in [6, 6.07) is 3.99. The number of nitrogens with one attached hydrogen (secondary N) is 1. The number of Topliss-reactive ketones (excluding diaryl/α,β-unsaturated/α-hetero) is 1. The van der Waals surface area contributed by atoms with E-state index in [0.29, 0.717) is 28.9 Å². The van der Waals surface area contributed by atoms with Crippen LogP contribution in [0.5, 0.6) is 0 Å². The summed E-state index contributed by atoms with van der Waals surface area (Å²) < 4.78 is 1.78. The normalized spacial score (nSPS) is 24.0. The van der Waals surface area contributed by atoms with Gasteiger partial charge in [-0.05, 0) is 63.8 Å². The first-order chi connectivity index (χ1) is 16.3. The number of pyridine rings is 2. The predicted molar refractivity (Wildman–Crippen MR) is 131 cm³/mol. The van der Waals surface area contributed by atoms with Crippen LogP contribution in [-0.2, 0) is 5.54 Å². The van der Waals surface area contributed by atoms with Crippen LogP contribution < -0.4 is 15.8 Å². The highest BCUT2D eigenvalue weighted by molar-refractivity contribution is 5.99. The Hall–Kier alpha value is -3.33. The highest BCUT2D eigenvalue weighted by atomic mass is 16.1. The molecular formula is C25H29N7O2. The van der Waals surface area contributed by atoms with Gasteiger partial charge in [0.05, 0.1) is 23.0 Å². The molecule has 0 amide bonds. The van der Waals surface area contributed by atoms with Gasteiger partial charge in [0.15, 0.2) is 5.78 Å². The van der Waals surface area contributed by atoms with E-state index in [1.54, 1.807) is 10.8 Å². The number of carbonyl (C=O) groups is 1. The van der Waals surface area contributed by atoms with Gasteiger partial charge in [0.25, 0.3) is 5.56 Å². The molecule has 1 N–H and O–H groups in total. The maximum Gasteiger partial charge on any atom is 0.263 e. The first-order valence-corrected chi connectivity index (χ1v) is 11.9. The number of hydrogen-bond donors (Lipinski definition) is 1. The SMILES string of the molecule is CC(=O)c1c(C)c2cnc(Nc3ccc(N4CCN(C)CC4)cn3)nc2n(C23CC(C2)C3)c1=O. The lowest BCUT2D eigenvalue weighted by Crippen LogP contribution is -2.62. The van der Waals surface area contributed by atoms with Crippen molar-refractivity contribution in [1.29, 1.82) is 0 Å². The molecule has 3 aromatic rings. The Morgan fingerprint density at radius 3 is 2.41 bits per heavy atom. The van der Waals surface area contributed by atoms with Crippen LogP contribution in [-0.4, -0.2) is 63.4 Å². The molecule has 2 bridgehead atoms. The average molecular weight is 460 g/mol. The molecule has 9 nitrogen and oxygen atoms in total. The van der Waals surface area contributed by atoms with Crippen LogP contribution >= 0.6 is 0 Å². The summed E-state index contributed by atoms with van der Waals surface area (Å²) in [5, 5.41) is 3.94. The zero-order valence-corrected chi connectivity index (χ0v) is 19.8. The molecule has 4 fully saturated rings. The maximum atomic E-state index is 13.4. The molecule has 7 rings (SSSR count).